The van der Waals surface area contributed by atoms with Crippen molar-refractivity contribution < 1.29 is 4.74 Å². The lowest BCUT2D eigenvalue weighted by Gasteiger charge is -2.08. The van der Waals surface area contributed by atoms with E-state index in [-0.39, 0.29) is 0 Å². The molecule has 2 N–H and O–H groups in total. The van der Waals surface area contributed by atoms with Crippen molar-refractivity contribution in [2.45, 2.75) is 9.79 Å². The Kier molecular flexibility index (Phi) is 5.22. The van der Waals surface area contributed by atoms with Gasteiger partial charge in [0, 0.05) is 16.3 Å². The van der Waals surface area contributed by atoms with E-state index in [1.54, 1.807) is 23.5 Å². The van der Waals surface area contributed by atoms with Crippen molar-refractivity contribution in [1.82, 2.24) is 0 Å². The van der Waals surface area contributed by atoms with E-state index < -0.39 is 0 Å². The number of ether oxygens (including phenoxy) is 1. The molecule has 0 unspecified atom stereocenters. The molecule has 1 aromatic rings. The lowest BCUT2D eigenvalue weighted by atomic mass is 10.3. The molecule has 0 aliphatic carbocycles. The van der Waals surface area contributed by atoms with E-state index in [0.29, 0.717) is 13.2 Å². The summed E-state index contributed by atoms with van der Waals surface area (Å²) in [4.78, 5) is 2.55. The van der Waals surface area contributed by atoms with Crippen LogP contribution >= 0.6 is 23.5 Å². The van der Waals surface area contributed by atoms with Gasteiger partial charge in [-0.1, -0.05) is 0 Å². The molecule has 0 atom stereocenters. The SMILES string of the molecule is CSc1ccc(OCCN)cc1SC. The first-order valence-corrected chi connectivity index (χ1v) is 6.81. The van der Waals surface area contributed by atoms with Crippen LogP contribution in [0, 0.1) is 0 Å². The standard InChI is InChI=1S/C10H15NOS2/c1-13-9-4-3-8(12-6-5-11)7-10(9)14-2/h3-4,7H,5-6,11H2,1-2H3. The van der Waals surface area contributed by atoms with E-state index in [0.717, 1.165) is 5.75 Å². The highest BCUT2D eigenvalue weighted by molar-refractivity contribution is 8.01. The predicted molar refractivity (Wildman–Crippen MR) is 64.6 cm³/mol. The summed E-state index contributed by atoms with van der Waals surface area (Å²) in [5.41, 5.74) is 5.37. The quantitative estimate of drug-likeness (QED) is 0.787. The topological polar surface area (TPSA) is 35.2 Å². The molecule has 0 spiro atoms. The van der Waals surface area contributed by atoms with E-state index >= 15 is 0 Å². The molecule has 0 saturated carbocycles. The Hall–Kier alpha value is -0.320. The molecule has 0 bridgehead atoms. The number of hydrogen-bond acceptors (Lipinski definition) is 4. The zero-order valence-electron chi connectivity index (χ0n) is 8.45. The minimum absolute atomic E-state index is 0.554. The largest absolute Gasteiger partial charge is 0.492 e. The molecule has 0 amide bonds. The molecule has 0 aliphatic rings. The molecule has 0 radical (unpaired) electrons. The Bertz CT molecular complexity index is 291. The fourth-order valence-electron chi connectivity index (χ4n) is 1.08. The Morgan fingerprint density at radius 1 is 1.21 bits per heavy atom. The van der Waals surface area contributed by atoms with E-state index in [1.165, 1.54) is 9.79 Å². The average Bonchev–Trinajstić information content (AvgIpc) is 2.25. The summed E-state index contributed by atoms with van der Waals surface area (Å²) in [6, 6.07) is 6.13. The van der Waals surface area contributed by atoms with Crippen molar-refractivity contribution in [1.29, 1.82) is 0 Å². The van der Waals surface area contributed by atoms with Gasteiger partial charge in [0.05, 0.1) is 0 Å². The highest BCUT2D eigenvalue weighted by atomic mass is 32.2. The summed E-state index contributed by atoms with van der Waals surface area (Å²) in [5, 5.41) is 0. The normalized spacial score (nSPS) is 10.2. The monoisotopic (exact) mass is 229 g/mol. The maximum absolute atomic E-state index is 5.45. The third-order valence-electron chi connectivity index (χ3n) is 1.74. The summed E-state index contributed by atoms with van der Waals surface area (Å²) in [7, 11) is 0. The van der Waals surface area contributed by atoms with Crippen LogP contribution in [0.15, 0.2) is 28.0 Å². The lowest BCUT2D eigenvalue weighted by Crippen LogP contribution is -2.10. The summed E-state index contributed by atoms with van der Waals surface area (Å²) < 4.78 is 5.45. The summed E-state index contributed by atoms with van der Waals surface area (Å²) in [6.45, 7) is 1.13. The maximum atomic E-state index is 5.45. The minimum atomic E-state index is 0.554. The summed E-state index contributed by atoms with van der Waals surface area (Å²) >= 11 is 3.49. The smallest absolute Gasteiger partial charge is 0.120 e. The van der Waals surface area contributed by atoms with Gasteiger partial charge in [0.25, 0.3) is 0 Å². The number of thioether (sulfide) groups is 2. The molecule has 78 valence electrons. The van der Waals surface area contributed by atoms with Crippen molar-refractivity contribution in [3.05, 3.63) is 18.2 Å². The van der Waals surface area contributed by atoms with Crippen molar-refractivity contribution >= 4 is 23.5 Å². The second-order valence-corrected chi connectivity index (χ2v) is 4.35. The maximum Gasteiger partial charge on any atom is 0.120 e. The van der Waals surface area contributed by atoms with Gasteiger partial charge in [-0.15, -0.1) is 23.5 Å². The number of benzene rings is 1. The Morgan fingerprint density at radius 2 is 1.93 bits per heavy atom. The van der Waals surface area contributed by atoms with Crippen LogP contribution in [-0.4, -0.2) is 25.7 Å². The molecule has 0 aliphatic heterocycles. The summed E-state index contributed by atoms with van der Waals surface area (Å²) in [6.07, 6.45) is 4.15. The Labute approximate surface area is 93.6 Å². The molecule has 0 heterocycles. The van der Waals surface area contributed by atoms with Crippen molar-refractivity contribution in [3.63, 3.8) is 0 Å². The van der Waals surface area contributed by atoms with Gasteiger partial charge in [-0.3, -0.25) is 0 Å². The van der Waals surface area contributed by atoms with E-state index in [4.69, 9.17) is 10.5 Å². The molecule has 1 rings (SSSR count). The molecule has 14 heavy (non-hydrogen) atoms. The highest BCUT2D eigenvalue weighted by Gasteiger charge is 2.02. The molecule has 4 heteroatoms. The molecule has 2 nitrogen and oxygen atoms in total. The van der Waals surface area contributed by atoms with Gasteiger partial charge >= 0.3 is 0 Å². The van der Waals surface area contributed by atoms with E-state index in [1.807, 2.05) is 6.07 Å². The van der Waals surface area contributed by atoms with Crippen LogP contribution in [0.4, 0.5) is 0 Å². The minimum Gasteiger partial charge on any atom is -0.492 e. The average molecular weight is 229 g/mol. The zero-order valence-corrected chi connectivity index (χ0v) is 10.1. The van der Waals surface area contributed by atoms with Gasteiger partial charge < -0.3 is 10.5 Å². The van der Waals surface area contributed by atoms with Crippen LogP contribution in [0.25, 0.3) is 0 Å². The van der Waals surface area contributed by atoms with Crippen LogP contribution in [-0.2, 0) is 0 Å². The Balaban J connectivity index is 2.79. The zero-order chi connectivity index (χ0) is 10.4. The number of hydrogen-bond donors (Lipinski definition) is 1. The number of nitrogens with two attached hydrogens (primary N) is 1. The molecular weight excluding hydrogens is 214 g/mol. The molecule has 1 aromatic carbocycles. The fraction of sp³-hybridized carbons (Fsp3) is 0.400. The lowest BCUT2D eigenvalue weighted by molar-refractivity contribution is 0.327. The first-order chi connectivity index (χ1) is 6.81. The van der Waals surface area contributed by atoms with Crippen LogP contribution in [0.3, 0.4) is 0 Å². The third kappa shape index (κ3) is 3.12. The van der Waals surface area contributed by atoms with Gasteiger partial charge in [-0.2, -0.15) is 0 Å². The van der Waals surface area contributed by atoms with Crippen molar-refractivity contribution in [3.8, 4) is 5.75 Å². The Morgan fingerprint density at radius 3 is 2.50 bits per heavy atom. The highest BCUT2D eigenvalue weighted by Crippen LogP contribution is 2.31. The first-order valence-electron chi connectivity index (χ1n) is 4.36. The second kappa shape index (κ2) is 6.22. The van der Waals surface area contributed by atoms with Crippen LogP contribution in [0.2, 0.25) is 0 Å². The van der Waals surface area contributed by atoms with Crippen molar-refractivity contribution in [2.75, 3.05) is 25.7 Å². The van der Waals surface area contributed by atoms with Gasteiger partial charge in [0.15, 0.2) is 0 Å². The molecular formula is C10H15NOS2. The van der Waals surface area contributed by atoms with Gasteiger partial charge in [0.2, 0.25) is 0 Å². The summed E-state index contributed by atoms with van der Waals surface area (Å²) in [5.74, 6) is 0.901. The van der Waals surface area contributed by atoms with Crippen LogP contribution in [0.1, 0.15) is 0 Å². The van der Waals surface area contributed by atoms with E-state index in [2.05, 4.69) is 24.6 Å². The van der Waals surface area contributed by atoms with Crippen LogP contribution in [0.5, 0.6) is 5.75 Å². The molecule has 0 fully saturated rings. The third-order valence-corrected chi connectivity index (χ3v) is 3.44. The van der Waals surface area contributed by atoms with Crippen LogP contribution < -0.4 is 10.5 Å². The van der Waals surface area contributed by atoms with E-state index in [9.17, 15) is 0 Å². The van der Waals surface area contributed by atoms with Gasteiger partial charge in [-0.05, 0) is 30.7 Å². The van der Waals surface area contributed by atoms with Gasteiger partial charge in [-0.25, -0.2) is 0 Å². The fourth-order valence-corrected chi connectivity index (χ4v) is 2.55. The predicted octanol–water partition coefficient (Wildman–Crippen LogP) is 2.47. The number of rotatable bonds is 5. The van der Waals surface area contributed by atoms with Crippen molar-refractivity contribution in [2.24, 2.45) is 5.73 Å². The second-order valence-electron chi connectivity index (χ2n) is 2.65. The van der Waals surface area contributed by atoms with Gasteiger partial charge in [0.1, 0.15) is 12.4 Å². The molecule has 0 saturated heterocycles. The molecule has 0 aromatic heterocycles. The first kappa shape index (κ1) is 11.8.